The first-order valence-corrected chi connectivity index (χ1v) is 11.4. The van der Waals surface area contributed by atoms with Gasteiger partial charge >= 0.3 is 0 Å². The van der Waals surface area contributed by atoms with Crippen molar-refractivity contribution in [2.75, 3.05) is 13.1 Å². The molecule has 1 amide bonds. The highest BCUT2D eigenvalue weighted by Crippen LogP contribution is 2.43. The minimum atomic E-state index is -0.707. The monoisotopic (exact) mass is 459 g/mol. The van der Waals surface area contributed by atoms with Gasteiger partial charge in [0.05, 0.1) is 12.2 Å². The zero-order valence-electron chi connectivity index (χ0n) is 18.6. The number of phenolic OH excluding ortho intramolecular Hbond substituents is 2. The summed E-state index contributed by atoms with van der Waals surface area (Å²) in [5, 5.41) is 21.4. The van der Waals surface area contributed by atoms with E-state index in [4.69, 9.17) is 8.83 Å². The number of furan rings is 1. The summed E-state index contributed by atoms with van der Waals surface area (Å²) >= 11 is 0. The van der Waals surface area contributed by atoms with E-state index < -0.39 is 11.3 Å². The molecule has 7 heteroatoms. The topological polar surface area (TPSA) is 104 Å². The largest absolute Gasteiger partial charge is 0.507 e. The Bertz CT molecular complexity index is 1370. The third-order valence-corrected chi connectivity index (χ3v) is 6.38. The van der Waals surface area contributed by atoms with E-state index in [1.807, 2.05) is 23.1 Å². The Labute approximate surface area is 195 Å². The molecule has 0 saturated carbocycles. The molecule has 7 nitrogen and oxygen atoms in total. The maximum atomic E-state index is 13.2. The number of piperidine rings is 1. The predicted molar refractivity (Wildman–Crippen MR) is 127 cm³/mol. The number of carbonyl (C=O) groups excluding carboxylic acids is 1. The number of rotatable bonds is 5. The molecule has 34 heavy (non-hydrogen) atoms. The van der Waals surface area contributed by atoms with Crippen molar-refractivity contribution < 1.29 is 23.8 Å². The quantitative estimate of drug-likeness (QED) is 0.435. The molecule has 1 atom stereocenters. The SMILES string of the molecule is O=C(C[C@H](c1ccco1)c1c(O)cc(O)c2c(=O)cc(-c3ccccc3)oc12)N1CCCCC1. The van der Waals surface area contributed by atoms with Crippen LogP contribution < -0.4 is 5.43 Å². The Morgan fingerprint density at radius 2 is 1.74 bits per heavy atom. The molecule has 1 aliphatic rings. The van der Waals surface area contributed by atoms with Crippen LogP contribution in [0.3, 0.4) is 0 Å². The number of hydrogen-bond acceptors (Lipinski definition) is 6. The van der Waals surface area contributed by atoms with E-state index in [1.54, 1.807) is 24.3 Å². The third kappa shape index (κ3) is 4.05. The first-order chi connectivity index (χ1) is 16.5. The Balaban J connectivity index is 1.69. The van der Waals surface area contributed by atoms with Crippen LogP contribution in [0.25, 0.3) is 22.3 Å². The van der Waals surface area contributed by atoms with E-state index in [-0.39, 0.29) is 40.4 Å². The molecular formula is C27H25NO6. The van der Waals surface area contributed by atoms with Gasteiger partial charge in [-0.25, -0.2) is 0 Å². The maximum Gasteiger partial charge on any atom is 0.223 e. The second-order valence-corrected chi connectivity index (χ2v) is 8.59. The zero-order valence-corrected chi connectivity index (χ0v) is 18.6. The lowest BCUT2D eigenvalue weighted by Gasteiger charge is -2.28. The fraction of sp³-hybridized carbons (Fsp3) is 0.259. The number of benzene rings is 2. The highest BCUT2D eigenvalue weighted by molar-refractivity contribution is 5.91. The first-order valence-electron chi connectivity index (χ1n) is 11.4. The average molecular weight is 459 g/mol. The number of carbonyl (C=O) groups is 1. The van der Waals surface area contributed by atoms with Crippen LogP contribution in [0.5, 0.6) is 11.5 Å². The normalized spacial score (nSPS) is 14.9. The summed E-state index contributed by atoms with van der Waals surface area (Å²) in [5.41, 5.74) is 0.508. The van der Waals surface area contributed by atoms with E-state index in [1.165, 1.54) is 12.3 Å². The van der Waals surface area contributed by atoms with Crippen molar-refractivity contribution in [3.8, 4) is 22.8 Å². The maximum absolute atomic E-state index is 13.2. The van der Waals surface area contributed by atoms with Crippen molar-refractivity contribution in [3.63, 3.8) is 0 Å². The van der Waals surface area contributed by atoms with Crippen molar-refractivity contribution >= 4 is 16.9 Å². The van der Waals surface area contributed by atoms with Gasteiger partial charge in [-0.05, 0) is 31.4 Å². The number of hydrogen-bond donors (Lipinski definition) is 2. The molecule has 3 heterocycles. The van der Waals surface area contributed by atoms with Gasteiger partial charge in [-0.1, -0.05) is 30.3 Å². The predicted octanol–water partition coefficient (Wildman–Crippen LogP) is 5.00. The summed E-state index contributed by atoms with van der Waals surface area (Å²) in [6, 6.07) is 15.0. The lowest BCUT2D eigenvalue weighted by molar-refractivity contribution is -0.132. The summed E-state index contributed by atoms with van der Waals surface area (Å²) < 4.78 is 11.8. The summed E-state index contributed by atoms with van der Waals surface area (Å²) in [7, 11) is 0. The lowest BCUT2D eigenvalue weighted by atomic mass is 9.89. The van der Waals surface area contributed by atoms with Crippen molar-refractivity contribution in [1.29, 1.82) is 0 Å². The van der Waals surface area contributed by atoms with E-state index in [9.17, 15) is 19.8 Å². The zero-order chi connectivity index (χ0) is 23.7. The highest BCUT2D eigenvalue weighted by Gasteiger charge is 2.31. The van der Waals surface area contributed by atoms with Crippen molar-refractivity contribution in [2.45, 2.75) is 31.6 Å². The minimum absolute atomic E-state index is 0.0280. The Morgan fingerprint density at radius 3 is 2.44 bits per heavy atom. The molecule has 0 aliphatic carbocycles. The summed E-state index contributed by atoms with van der Waals surface area (Å²) in [6.07, 6.45) is 4.54. The van der Waals surface area contributed by atoms with Crippen LogP contribution >= 0.6 is 0 Å². The Morgan fingerprint density at radius 1 is 0.971 bits per heavy atom. The number of nitrogens with zero attached hydrogens (tertiary/aromatic N) is 1. The van der Waals surface area contributed by atoms with Gasteiger partial charge in [0.2, 0.25) is 5.91 Å². The number of aromatic hydroxyl groups is 2. The first kappa shape index (κ1) is 21.8. The minimum Gasteiger partial charge on any atom is -0.507 e. The highest BCUT2D eigenvalue weighted by atomic mass is 16.3. The molecule has 174 valence electrons. The number of likely N-dealkylation sites (tertiary alicyclic amines) is 1. The van der Waals surface area contributed by atoms with Gasteiger partial charge in [-0.15, -0.1) is 0 Å². The fourth-order valence-electron chi connectivity index (χ4n) is 4.68. The van der Waals surface area contributed by atoms with Gasteiger partial charge in [-0.3, -0.25) is 9.59 Å². The summed E-state index contributed by atoms with van der Waals surface area (Å²) in [5.74, 6) is -0.674. The molecule has 0 unspecified atom stereocenters. The van der Waals surface area contributed by atoms with Crippen LogP contribution in [0.4, 0.5) is 0 Å². The van der Waals surface area contributed by atoms with Crippen LogP contribution in [-0.2, 0) is 4.79 Å². The second kappa shape index (κ2) is 9.09. The molecule has 2 N–H and O–H groups in total. The summed E-state index contributed by atoms with van der Waals surface area (Å²) in [4.78, 5) is 28.1. The van der Waals surface area contributed by atoms with Crippen LogP contribution in [0.15, 0.2) is 74.5 Å². The molecule has 0 radical (unpaired) electrons. The molecule has 0 spiro atoms. The number of amides is 1. The van der Waals surface area contributed by atoms with E-state index in [0.29, 0.717) is 30.2 Å². The van der Waals surface area contributed by atoms with E-state index in [0.717, 1.165) is 25.3 Å². The molecule has 5 rings (SSSR count). The average Bonchev–Trinajstić information content (AvgIpc) is 3.38. The van der Waals surface area contributed by atoms with Crippen LogP contribution in [0, 0.1) is 0 Å². The molecule has 2 aromatic heterocycles. The molecule has 1 aliphatic heterocycles. The van der Waals surface area contributed by atoms with Crippen molar-refractivity contribution in [3.05, 3.63) is 82.4 Å². The molecule has 0 bridgehead atoms. The van der Waals surface area contributed by atoms with Crippen molar-refractivity contribution in [2.24, 2.45) is 0 Å². The van der Waals surface area contributed by atoms with Crippen molar-refractivity contribution in [1.82, 2.24) is 4.90 Å². The Hall–Kier alpha value is -4.00. The molecule has 2 aromatic carbocycles. The standard InChI is InChI=1S/C27H25NO6/c29-19-15-20(30)26-21(31)16-23(17-8-3-1-4-9-17)34-27(26)25(19)18(22-10-7-13-33-22)14-24(32)28-11-5-2-6-12-28/h1,3-4,7-10,13,15-16,18,29-30H,2,5-6,11-12,14H2/t18-/m1/s1. The van der Waals surface area contributed by atoms with Gasteiger partial charge in [0.1, 0.15) is 34.0 Å². The molecule has 1 fully saturated rings. The second-order valence-electron chi connectivity index (χ2n) is 8.59. The molecule has 4 aromatic rings. The third-order valence-electron chi connectivity index (χ3n) is 6.38. The molecule has 1 saturated heterocycles. The summed E-state index contributed by atoms with van der Waals surface area (Å²) in [6.45, 7) is 1.39. The smallest absolute Gasteiger partial charge is 0.223 e. The van der Waals surface area contributed by atoms with Crippen LogP contribution in [-0.4, -0.2) is 34.1 Å². The van der Waals surface area contributed by atoms with Crippen LogP contribution in [0.2, 0.25) is 0 Å². The van der Waals surface area contributed by atoms with Gasteiger partial charge < -0.3 is 23.9 Å². The van der Waals surface area contributed by atoms with Gasteiger partial charge in [0, 0.05) is 42.8 Å². The molecular weight excluding hydrogens is 434 g/mol. The van der Waals surface area contributed by atoms with E-state index in [2.05, 4.69) is 0 Å². The van der Waals surface area contributed by atoms with Crippen LogP contribution in [0.1, 0.15) is 42.9 Å². The number of phenols is 2. The number of fused-ring (bicyclic) bond motifs is 1. The van der Waals surface area contributed by atoms with Gasteiger partial charge in [0.25, 0.3) is 0 Å². The van der Waals surface area contributed by atoms with E-state index >= 15 is 0 Å². The van der Waals surface area contributed by atoms with Gasteiger partial charge in [-0.2, -0.15) is 0 Å². The Kier molecular flexibility index (Phi) is 5.84. The van der Waals surface area contributed by atoms with Gasteiger partial charge in [0.15, 0.2) is 5.43 Å². The fourth-order valence-corrected chi connectivity index (χ4v) is 4.68. The lowest BCUT2D eigenvalue weighted by Crippen LogP contribution is -2.36.